The maximum atomic E-state index is 14.5. The lowest BCUT2D eigenvalue weighted by atomic mass is 9.85. The number of hydrogen-bond acceptors (Lipinski definition) is 4. The van der Waals surface area contributed by atoms with Gasteiger partial charge in [-0.15, -0.1) is 0 Å². The summed E-state index contributed by atoms with van der Waals surface area (Å²) in [4.78, 5) is 17.1. The third-order valence-electron chi connectivity index (χ3n) is 5.15. The molecule has 5 rings (SSSR count). The Morgan fingerprint density at radius 2 is 2.00 bits per heavy atom. The number of nitrogens with zero attached hydrogens (tertiary/aromatic N) is 3. The van der Waals surface area contributed by atoms with E-state index < -0.39 is 17.6 Å². The maximum Gasteiger partial charge on any atom is 0.226 e. The SMILES string of the molecule is Cc1ccc2nc(-n3nc(C)c4c3NC(=O)C[C@@H]4c3cc(F)ccc3F)sc2c1. The molecule has 1 N–H and O–H groups in total. The van der Waals surface area contributed by atoms with Gasteiger partial charge in [-0.1, -0.05) is 17.4 Å². The number of amides is 1. The second kappa shape index (κ2) is 6.45. The van der Waals surface area contributed by atoms with E-state index in [1.807, 2.05) is 25.1 Å². The molecular formula is C21H16F2N4OS. The third-order valence-corrected chi connectivity index (χ3v) is 6.14. The molecule has 0 saturated carbocycles. The van der Waals surface area contributed by atoms with E-state index in [2.05, 4.69) is 15.4 Å². The van der Waals surface area contributed by atoms with Crippen molar-refractivity contribution in [1.82, 2.24) is 14.8 Å². The average Bonchev–Trinajstić information content (AvgIpc) is 3.23. The van der Waals surface area contributed by atoms with Crippen molar-refractivity contribution in [3.63, 3.8) is 0 Å². The van der Waals surface area contributed by atoms with Crippen LogP contribution in [0.5, 0.6) is 0 Å². The first-order chi connectivity index (χ1) is 13.9. The van der Waals surface area contributed by atoms with E-state index in [0.29, 0.717) is 22.2 Å². The minimum atomic E-state index is -0.611. The van der Waals surface area contributed by atoms with E-state index in [1.54, 1.807) is 11.6 Å². The van der Waals surface area contributed by atoms with Crippen molar-refractivity contribution in [3.8, 4) is 5.13 Å². The maximum absolute atomic E-state index is 14.5. The van der Waals surface area contributed by atoms with Crippen LogP contribution in [0.15, 0.2) is 36.4 Å². The topological polar surface area (TPSA) is 59.8 Å². The largest absolute Gasteiger partial charge is 0.310 e. The van der Waals surface area contributed by atoms with Gasteiger partial charge in [0.1, 0.15) is 17.5 Å². The predicted molar refractivity (Wildman–Crippen MR) is 108 cm³/mol. The lowest BCUT2D eigenvalue weighted by molar-refractivity contribution is -0.116. The molecule has 0 radical (unpaired) electrons. The van der Waals surface area contributed by atoms with Crippen LogP contribution in [-0.4, -0.2) is 20.7 Å². The summed E-state index contributed by atoms with van der Waals surface area (Å²) in [6, 6.07) is 9.29. The zero-order valence-corrected chi connectivity index (χ0v) is 16.5. The van der Waals surface area contributed by atoms with Crippen molar-refractivity contribution in [3.05, 3.63) is 70.4 Å². The Balaban J connectivity index is 1.69. The number of anilines is 1. The van der Waals surface area contributed by atoms with Crippen LogP contribution in [0.3, 0.4) is 0 Å². The summed E-state index contributed by atoms with van der Waals surface area (Å²) in [6.45, 7) is 3.81. The van der Waals surface area contributed by atoms with E-state index in [4.69, 9.17) is 0 Å². The Morgan fingerprint density at radius 1 is 1.17 bits per heavy atom. The van der Waals surface area contributed by atoms with E-state index in [0.717, 1.165) is 34.0 Å². The van der Waals surface area contributed by atoms with Gasteiger partial charge in [-0.3, -0.25) is 4.79 Å². The van der Waals surface area contributed by atoms with Gasteiger partial charge in [-0.2, -0.15) is 9.78 Å². The van der Waals surface area contributed by atoms with Gasteiger partial charge < -0.3 is 5.32 Å². The molecule has 5 nitrogen and oxygen atoms in total. The van der Waals surface area contributed by atoms with Crippen molar-refractivity contribution >= 4 is 33.3 Å². The molecule has 0 bridgehead atoms. The molecule has 146 valence electrons. The number of nitrogens with one attached hydrogen (secondary N) is 1. The summed E-state index contributed by atoms with van der Waals surface area (Å²) in [6.07, 6.45) is 0.0267. The van der Waals surface area contributed by atoms with Gasteiger partial charge in [-0.25, -0.2) is 13.8 Å². The highest BCUT2D eigenvalue weighted by atomic mass is 32.1. The van der Waals surface area contributed by atoms with E-state index >= 15 is 0 Å². The molecule has 3 heterocycles. The van der Waals surface area contributed by atoms with Crippen LogP contribution in [0.1, 0.15) is 34.7 Å². The molecule has 1 aliphatic heterocycles. The first-order valence-electron chi connectivity index (χ1n) is 9.12. The fourth-order valence-corrected chi connectivity index (χ4v) is 4.87. The highest BCUT2D eigenvalue weighted by Gasteiger charge is 2.34. The summed E-state index contributed by atoms with van der Waals surface area (Å²) < 4.78 is 30.9. The number of hydrogen-bond donors (Lipinski definition) is 1. The quantitative estimate of drug-likeness (QED) is 0.514. The summed E-state index contributed by atoms with van der Waals surface area (Å²) in [5.41, 5.74) is 3.45. The van der Waals surface area contributed by atoms with E-state index in [1.165, 1.54) is 11.3 Å². The Hall–Kier alpha value is -3.13. The van der Waals surface area contributed by atoms with Crippen LogP contribution in [0.4, 0.5) is 14.6 Å². The lowest BCUT2D eigenvalue weighted by Crippen LogP contribution is -2.25. The highest BCUT2D eigenvalue weighted by Crippen LogP contribution is 2.42. The van der Waals surface area contributed by atoms with Gasteiger partial charge in [0.2, 0.25) is 11.0 Å². The first kappa shape index (κ1) is 17.9. The monoisotopic (exact) mass is 410 g/mol. The van der Waals surface area contributed by atoms with Gasteiger partial charge in [0.05, 0.1) is 15.9 Å². The molecule has 8 heteroatoms. The van der Waals surface area contributed by atoms with Crippen molar-refractivity contribution in [1.29, 1.82) is 0 Å². The van der Waals surface area contributed by atoms with Crippen LogP contribution in [0.2, 0.25) is 0 Å². The summed E-state index contributed by atoms with van der Waals surface area (Å²) in [5.74, 6) is -1.51. The molecule has 0 spiro atoms. The number of carbonyl (C=O) groups is 1. The number of aromatic nitrogens is 3. The normalized spacial score (nSPS) is 16.1. The summed E-state index contributed by atoms with van der Waals surface area (Å²) >= 11 is 1.46. The molecule has 2 aromatic heterocycles. The molecule has 1 atom stereocenters. The smallest absolute Gasteiger partial charge is 0.226 e. The summed E-state index contributed by atoms with van der Waals surface area (Å²) in [5, 5.41) is 8.03. The molecule has 0 fully saturated rings. The van der Waals surface area contributed by atoms with Crippen molar-refractivity contribution in [2.24, 2.45) is 0 Å². The lowest BCUT2D eigenvalue weighted by Gasteiger charge is -2.24. The fourth-order valence-electron chi connectivity index (χ4n) is 3.84. The fraction of sp³-hybridized carbons (Fsp3) is 0.190. The van der Waals surface area contributed by atoms with Crippen LogP contribution in [0, 0.1) is 25.5 Å². The number of carbonyl (C=O) groups excluding carboxylic acids is 1. The number of rotatable bonds is 2. The molecule has 4 aromatic rings. The van der Waals surface area contributed by atoms with Crippen LogP contribution < -0.4 is 5.32 Å². The molecule has 1 aliphatic rings. The minimum absolute atomic E-state index is 0.0267. The van der Waals surface area contributed by atoms with Crippen molar-refractivity contribution in [2.45, 2.75) is 26.2 Å². The Morgan fingerprint density at radius 3 is 2.83 bits per heavy atom. The Kier molecular flexibility index (Phi) is 3.99. The van der Waals surface area contributed by atoms with Gasteiger partial charge in [-0.05, 0) is 55.3 Å². The molecule has 1 amide bonds. The number of halogens is 2. The number of aryl methyl sites for hydroxylation is 2. The standard InChI is InChI=1S/C21H16F2N4OS/c1-10-3-6-16-17(7-10)29-21(24-16)27-20-19(11(2)26-27)14(9-18(28)25-20)13-8-12(22)4-5-15(13)23/h3-8,14H,9H2,1-2H3,(H,25,28)/t14-/m1/s1. The van der Waals surface area contributed by atoms with Gasteiger partial charge >= 0.3 is 0 Å². The molecule has 0 unspecified atom stereocenters. The second-order valence-electron chi connectivity index (χ2n) is 7.20. The zero-order chi connectivity index (χ0) is 20.3. The number of benzene rings is 2. The minimum Gasteiger partial charge on any atom is -0.310 e. The van der Waals surface area contributed by atoms with Crippen LogP contribution in [0.25, 0.3) is 15.3 Å². The molecule has 0 saturated heterocycles. The number of thiazole rings is 1. The molecule has 2 aromatic carbocycles. The van der Waals surface area contributed by atoms with Crippen molar-refractivity contribution in [2.75, 3.05) is 5.32 Å². The molecule has 0 aliphatic carbocycles. The van der Waals surface area contributed by atoms with E-state index in [-0.39, 0.29) is 17.9 Å². The molecular weight excluding hydrogens is 394 g/mol. The zero-order valence-electron chi connectivity index (χ0n) is 15.7. The van der Waals surface area contributed by atoms with Crippen LogP contribution >= 0.6 is 11.3 Å². The van der Waals surface area contributed by atoms with E-state index in [9.17, 15) is 13.6 Å². The van der Waals surface area contributed by atoms with Crippen molar-refractivity contribution < 1.29 is 13.6 Å². The predicted octanol–water partition coefficient (Wildman–Crippen LogP) is 4.85. The van der Waals surface area contributed by atoms with Gasteiger partial charge in [0.25, 0.3) is 0 Å². The highest BCUT2D eigenvalue weighted by molar-refractivity contribution is 7.20. The van der Waals surface area contributed by atoms with Crippen LogP contribution in [-0.2, 0) is 4.79 Å². The molecule has 29 heavy (non-hydrogen) atoms. The average molecular weight is 410 g/mol. The first-order valence-corrected chi connectivity index (χ1v) is 9.94. The van der Waals surface area contributed by atoms with Gasteiger partial charge in [0, 0.05) is 17.9 Å². The second-order valence-corrected chi connectivity index (χ2v) is 8.21. The third kappa shape index (κ3) is 2.91. The summed E-state index contributed by atoms with van der Waals surface area (Å²) in [7, 11) is 0. The van der Waals surface area contributed by atoms with Gasteiger partial charge in [0.15, 0.2) is 0 Å². The number of fused-ring (bicyclic) bond motifs is 2. The Labute approximate surface area is 169 Å². The Bertz CT molecular complexity index is 1290.